The number of hydrogen-bond acceptors (Lipinski definition) is 3. The number of rotatable bonds is 4. The van der Waals surface area contributed by atoms with Gasteiger partial charge >= 0.3 is 0 Å². The Labute approximate surface area is 112 Å². The molecule has 2 aromatic rings. The molecule has 4 heteroatoms. The van der Waals surface area contributed by atoms with Gasteiger partial charge in [-0.2, -0.15) is 0 Å². The highest BCUT2D eigenvalue weighted by molar-refractivity contribution is 5.94. The fourth-order valence-corrected chi connectivity index (χ4v) is 1.86. The molecule has 1 heterocycles. The van der Waals surface area contributed by atoms with Crippen molar-refractivity contribution >= 4 is 16.8 Å². The van der Waals surface area contributed by atoms with Crippen LogP contribution in [0.4, 0.5) is 0 Å². The summed E-state index contributed by atoms with van der Waals surface area (Å²) < 4.78 is 0. The van der Waals surface area contributed by atoms with Crippen molar-refractivity contribution in [2.24, 2.45) is 0 Å². The Morgan fingerprint density at radius 3 is 2.79 bits per heavy atom. The van der Waals surface area contributed by atoms with Crippen LogP contribution in [0.1, 0.15) is 23.8 Å². The van der Waals surface area contributed by atoms with Gasteiger partial charge in [0.05, 0.1) is 11.6 Å². The molecule has 0 fully saturated rings. The summed E-state index contributed by atoms with van der Waals surface area (Å²) in [4.78, 5) is 18.1. The maximum absolute atomic E-state index is 12.2. The number of para-hydroxylation sites is 1. The Morgan fingerprint density at radius 2 is 2.05 bits per heavy atom. The number of pyridine rings is 1. The summed E-state index contributed by atoms with van der Waals surface area (Å²) in [5, 5.41) is 10.3. The zero-order chi connectivity index (χ0) is 13.8. The van der Waals surface area contributed by atoms with Crippen molar-refractivity contribution in [1.82, 2.24) is 9.88 Å². The average molecular weight is 258 g/mol. The Kier molecular flexibility index (Phi) is 4.12. The molecule has 0 aliphatic rings. The van der Waals surface area contributed by atoms with Gasteiger partial charge in [0, 0.05) is 19.0 Å². The number of benzene rings is 1. The molecule has 1 N–H and O–H groups in total. The van der Waals surface area contributed by atoms with Gasteiger partial charge in [-0.3, -0.25) is 4.79 Å². The zero-order valence-electron chi connectivity index (χ0n) is 11.2. The smallest absolute Gasteiger partial charge is 0.272 e. The van der Waals surface area contributed by atoms with Gasteiger partial charge in [0.25, 0.3) is 5.91 Å². The molecule has 2 rings (SSSR count). The second kappa shape index (κ2) is 5.80. The molecule has 0 spiro atoms. The summed E-state index contributed by atoms with van der Waals surface area (Å²) in [6.45, 7) is 2.23. The third kappa shape index (κ3) is 3.29. The van der Waals surface area contributed by atoms with Crippen molar-refractivity contribution < 1.29 is 9.90 Å². The number of aliphatic hydroxyl groups excluding tert-OH is 1. The van der Waals surface area contributed by atoms with Crippen LogP contribution in [0.15, 0.2) is 36.4 Å². The topological polar surface area (TPSA) is 53.4 Å². The van der Waals surface area contributed by atoms with Crippen LogP contribution in [0.2, 0.25) is 0 Å². The van der Waals surface area contributed by atoms with Gasteiger partial charge in [-0.05, 0) is 25.5 Å². The summed E-state index contributed by atoms with van der Waals surface area (Å²) in [5.74, 6) is -0.119. The van der Waals surface area contributed by atoms with Crippen molar-refractivity contribution in [2.45, 2.75) is 19.4 Å². The lowest BCUT2D eigenvalue weighted by molar-refractivity contribution is 0.0763. The number of carbonyl (C=O) groups excluding carboxylic acids is 1. The van der Waals surface area contributed by atoms with Gasteiger partial charge < -0.3 is 10.0 Å². The van der Waals surface area contributed by atoms with E-state index in [0.29, 0.717) is 18.7 Å². The molecule has 0 aliphatic carbocycles. The van der Waals surface area contributed by atoms with E-state index in [-0.39, 0.29) is 5.91 Å². The highest BCUT2D eigenvalue weighted by Gasteiger charge is 2.13. The number of aliphatic hydroxyl groups is 1. The number of nitrogens with zero attached hydrogens (tertiary/aromatic N) is 2. The fourth-order valence-electron chi connectivity index (χ4n) is 1.86. The monoisotopic (exact) mass is 258 g/mol. The molecule has 0 radical (unpaired) electrons. The van der Waals surface area contributed by atoms with Crippen molar-refractivity contribution in [1.29, 1.82) is 0 Å². The lowest BCUT2D eigenvalue weighted by Crippen LogP contribution is -2.30. The van der Waals surface area contributed by atoms with Gasteiger partial charge in [-0.25, -0.2) is 4.98 Å². The van der Waals surface area contributed by atoms with Crippen molar-refractivity contribution in [2.75, 3.05) is 13.6 Å². The lowest BCUT2D eigenvalue weighted by Gasteiger charge is -2.17. The van der Waals surface area contributed by atoms with E-state index in [4.69, 9.17) is 0 Å². The fraction of sp³-hybridized carbons (Fsp3) is 0.333. The number of fused-ring (bicyclic) bond motifs is 1. The SMILES string of the molecule is CC(O)CCN(C)C(=O)c1ccc2ccccc2n1. The summed E-state index contributed by atoms with van der Waals surface area (Å²) in [7, 11) is 1.72. The van der Waals surface area contributed by atoms with Gasteiger partial charge in [0.15, 0.2) is 0 Å². The van der Waals surface area contributed by atoms with E-state index in [1.54, 1.807) is 24.9 Å². The summed E-state index contributed by atoms with van der Waals surface area (Å²) >= 11 is 0. The number of aromatic nitrogens is 1. The summed E-state index contributed by atoms with van der Waals surface area (Å²) in [6, 6.07) is 11.3. The predicted octanol–water partition coefficient (Wildman–Crippen LogP) is 2.08. The molecule has 0 bridgehead atoms. The molecule has 0 saturated carbocycles. The molecular formula is C15H18N2O2. The quantitative estimate of drug-likeness (QED) is 0.913. The second-order valence-corrected chi connectivity index (χ2v) is 4.75. The minimum absolute atomic E-state index is 0.119. The molecule has 1 atom stereocenters. The first-order chi connectivity index (χ1) is 9.08. The van der Waals surface area contributed by atoms with Crippen molar-refractivity contribution in [3.05, 3.63) is 42.1 Å². The van der Waals surface area contributed by atoms with E-state index in [0.717, 1.165) is 10.9 Å². The van der Waals surface area contributed by atoms with Crippen LogP contribution in [-0.2, 0) is 0 Å². The van der Waals surface area contributed by atoms with Crippen LogP contribution >= 0.6 is 0 Å². The minimum Gasteiger partial charge on any atom is -0.393 e. The van der Waals surface area contributed by atoms with E-state index in [2.05, 4.69) is 4.98 Å². The second-order valence-electron chi connectivity index (χ2n) is 4.75. The number of amides is 1. The maximum atomic E-state index is 12.2. The Hall–Kier alpha value is -1.94. The van der Waals surface area contributed by atoms with E-state index in [1.165, 1.54) is 0 Å². The zero-order valence-corrected chi connectivity index (χ0v) is 11.2. The first-order valence-electron chi connectivity index (χ1n) is 6.37. The van der Waals surface area contributed by atoms with Gasteiger partial charge in [0.2, 0.25) is 0 Å². The Morgan fingerprint density at radius 1 is 1.32 bits per heavy atom. The third-order valence-corrected chi connectivity index (χ3v) is 3.05. The first-order valence-corrected chi connectivity index (χ1v) is 6.37. The van der Waals surface area contributed by atoms with E-state index < -0.39 is 6.10 Å². The molecule has 1 unspecified atom stereocenters. The maximum Gasteiger partial charge on any atom is 0.272 e. The molecule has 4 nitrogen and oxygen atoms in total. The standard InChI is InChI=1S/C15H18N2O2/c1-11(18)9-10-17(2)15(19)14-8-7-12-5-3-4-6-13(12)16-14/h3-8,11,18H,9-10H2,1-2H3. The van der Waals surface area contributed by atoms with Crippen LogP contribution in [0.25, 0.3) is 10.9 Å². The molecular weight excluding hydrogens is 240 g/mol. The van der Waals surface area contributed by atoms with Crippen LogP contribution in [0, 0.1) is 0 Å². The molecule has 1 aromatic carbocycles. The summed E-state index contributed by atoms with van der Waals surface area (Å²) in [6.07, 6.45) is 0.162. The highest BCUT2D eigenvalue weighted by atomic mass is 16.3. The Bertz CT molecular complexity index is 581. The summed E-state index contributed by atoms with van der Waals surface area (Å²) in [5.41, 5.74) is 1.25. The van der Waals surface area contributed by atoms with Gasteiger partial charge in [0.1, 0.15) is 5.69 Å². The van der Waals surface area contributed by atoms with Crippen molar-refractivity contribution in [3.8, 4) is 0 Å². The number of carbonyl (C=O) groups is 1. The van der Waals surface area contributed by atoms with Crippen LogP contribution < -0.4 is 0 Å². The third-order valence-electron chi connectivity index (χ3n) is 3.05. The van der Waals surface area contributed by atoms with Crippen LogP contribution in [0.3, 0.4) is 0 Å². The van der Waals surface area contributed by atoms with E-state index in [9.17, 15) is 9.90 Å². The van der Waals surface area contributed by atoms with E-state index in [1.807, 2.05) is 30.3 Å². The predicted molar refractivity (Wildman–Crippen MR) is 75.0 cm³/mol. The first kappa shape index (κ1) is 13.5. The molecule has 100 valence electrons. The molecule has 1 aromatic heterocycles. The highest BCUT2D eigenvalue weighted by Crippen LogP contribution is 2.12. The van der Waals surface area contributed by atoms with Gasteiger partial charge in [-0.1, -0.05) is 24.3 Å². The normalized spacial score (nSPS) is 12.4. The molecule has 0 saturated heterocycles. The minimum atomic E-state index is -0.403. The molecule has 1 amide bonds. The molecule has 19 heavy (non-hydrogen) atoms. The van der Waals surface area contributed by atoms with Crippen molar-refractivity contribution in [3.63, 3.8) is 0 Å². The molecule has 0 aliphatic heterocycles. The van der Waals surface area contributed by atoms with Gasteiger partial charge in [-0.15, -0.1) is 0 Å². The van der Waals surface area contributed by atoms with Crippen LogP contribution in [-0.4, -0.2) is 40.6 Å². The van der Waals surface area contributed by atoms with Crippen LogP contribution in [0.5, 0.6) is 0 Å². The Balaban J connectivity index is 2.16. The lowest BCUT2D eigenvalue weighted by atomic mass is 10.2. The average Bonchev–Trinajstić information content (AvgIpc) is 2.43. The van der Waals surface area contributed by atoms with E-state index >= 15 is 0 Å². The largest absolute Gasteiger partial charge is 0.393 e. The number of hydrogen-bond donors (Lipinski definition) is 1.